The number of nitrogens with one attached hydrogen (secondary N) is 1. The fourth-order valence-electron chi connectivity index (χ4n) is 2.70. The van der Waals surface area contributed by atoms with Gasteiger partial charge < -0.3 is 15.0 Å². The van der Waals surface area contributed by atoms with Crippen molar-refractivity contribution in [3.05, 3.63) is 0 Å². The Balaban J connectivity index is 1.90. The predicted octanol–water partition coefficient (Wildman–Crippen LogP) is 0.683. The van der Waals surface area contributed by atoms with Crippen molar-refractivity contribution in [1.29, 1.82) is 0 Å². The Morgan fingerprint density at radius 2 is 2.39 bits per heavy atom. The lowest BCUT2D eigenvalue weighted by molar-refractivity contribution is -0.138. The van der Waals surface area contributed by atoms with E-state index >= 15 is 0 Å². The second-order valence-corrected chi connectivity index (χ2v) is 5.04. The molecule has 2 atom stereocenters. The van der Waals surface area contributed by atoms with Gasteiger partial charge in [-0.15, -0.1) is 0 Å². The minimum absolute atomic E-state index is 0.0248. The summed E-state index contributed by atoms with van der Waals surface area (Å²) in [6, 6.07) is -0.195. The van der Waals surface area contributed by atoms with Gasteiger partial charge in [0.05, 0.1) is 12.6 Å². The first-order chi connectivity index (χ1) is 8.72. The predicted molar refractivity (Wildman–Crippen MR) is 67.0 cm³/mol. The number of likely N-dealkylation sites (tertiary alicyclic amines) is 1. The molecule has 2 fully saturated rings. The van der Waals surface area contributed by atoms with Gasteiger partial charge in [-0.2, -0.15) is 0 Å². The van der Waals surface area contributed by atoms with Gasteiger partial charge in [-0.3, -0.25) is 9.59 Å². The van der Waals surface area contributed by atoms with Crippen molar-refractivity contribution in [1.82, 2.24) is 10.2 Å². The van der Waals surface area contributed by atoms with Gasteiger partial charge in [-0.1, -0.05) is 6.92 Å². The van der Waals surface area contributed by atoms with Crippen LogP contribution in [-0.4, -0.2) is 48.6 Å². The van der Waals surface area contributed by atoms with E-state index in [-0.39, 0.29) is 23.9 Å². The lowest BCUT2D eigenvalue weighted by Crippen LogP contribution is -2.51. The first kappa shape index (κ1) is 13.3. The van der Waals surface area contributed by atoms with Crippen LogP contribution in [0.2, 0.25) is 0 Å². The van der Waals surface area contributed by atoms with E-state index in [4.69, 9.17) is 4.74 Å². The second-order valence-electron chi connectivity index (χ2n) is 5.04. The molecular weight excluding hydrogens is 232 g/mol. The Labute approximate surface area is 108 Å². The minimum Gasteiger partial charge on any atom is -0.379 e. The van der Waals surface area contributed by atoms with Gasteiger partial charge in [-0.25, -0.2) is 0 Å². The summed E-state index contributed by atoms with van der Waals surface area (Å²) in [4.78, 5) is 25.6. The van der Waals surface area contributed by atoms with E-state index in [0.717, 1.165) is 25.9 Å². The summed E-state index contributed by atoms with van der Waals surface area (Å²) in [5.74, 6) is 0.0835. The maximum absolute atomic E-state index is 12.2. The maximum Gasteiger partial charge on any atom is 0.243 e. The normalized spacial score (nSPS) is 26.2. The van der Waals surface area contributed by atoms with E-state index in [9.17, 15) is 9.59 Å². The number of rotatable bonds is 4. The van der Waals surface area contributed by atoms with Gasteiger partial charge in [-0.05, 0) is 25.7 Å². The van der Waals surface area contributed by atoms with Crippen molar-refractivity contribution in [2.24, 2.45) is 0 Å². The zero-order chi connectivity index (χ0) is 13.0. The van der Waals surface area contributed by atoms with Crippen molar-refractivity contribution in [2.75, 3.05) is 19.8 Å². The van der Waals surface area contributed by atoms with Crippen LogP contribution in [0.15, 0.2) is 0 Å². The van der Waals surface area contributed by atoms with Crippen LogP contribution >= 0.6 is 0 Å². The van der Waals surface area contributed by atoms with Gasteiger partial charge in [0, 0.05) is 19.6 Å². The molecule has 0 radical (unpaired) electrons. The smallest absolute Gasteiger partial charge is 0.243 e. The Bertz CT molecular complexity index is 313. The van der Waals surface area contributed by atoms with E-state index in [1.54, 1.807) is 4.90 Å². The molecule has 0 spiro atoms. The number of carbonyl (C=O) groups excluding carboxylic acids is 2. The molecule has 2 amide bonds. The molecule has 2 aliphatic heterocycles. The first-order valence-electron chi connectivity index (χ1n) is 6.90. The molecule has 5 nitrogen and oxygen atoms in total. The van der Waals surface area contributed by atoms with Crippen molar-refractivity contribution in [3.63, 3.8) is 0 Å². The Morgan fingerprint density at radius 3 is 2.94 bits per heavy atom. The summed E-state index contributed by atoms with van der Waals surface area (Å²) in [6.07, 6.45) is 4.08. The van der Waals surface area contributed by atoms with Crippen molar-refractivity contribution in [2.45, 2.75) is 51.1 Å². The number of hydrogen-bond donors (Lipinski definition) is 1. The quantitative estimate of drug-likeness (QED) is 0.802. The van der Waals surface area contributed by atoms with Crippen LogP contribution in [-0.2, 0) is 14.3 Å². The van der Waals surface area contributed by atoms with Gasteiger partial charge >= 0.3 is 0 Å². The number of ether oxygens (including phenoxy) is 1. The van der Waals surface area contributed by atoms with E-state index in [1.807, 2.05) is 6.92 Å². The third kappa shape index (κ3) is 3.02. The van der Waals surface area contributed by atoms with Gasteiger partial charge in [0.15, 0.2) is 0 Å². The van der Waals surface area contributed by atoms with Crippen LogP contribution in [0.25, 0.3) is 0 Å². The summed E-state index contributed by atoms with van der Waals surface area (Å²) in [5.41, 5.74) is 0. The van der Waals surface area contributed by atoms with Gasteiger partial charge in [0.2, 0.25) is 11.8 Å². The molecule has 102 valence electrons. The zero-order valence-electron chi connectivity index (χ0n) is 11.0. The SMILES string of the molecule is CC[C@@H](C(=O)N[C@H]1CCCOC1)N1CCCC1=O. The standard InChI is InChI=1S/C13H22N2O3/c1-2-11(15-7-3-6-12(15)16)13(17)14-10-5-4-8-18-9-10/h10-11H,2-9H2,1H3,(H,14,17)/t10-,11-/m0/s1. The number of nitrogens with zero attached hydrogens (tertiary/aromatic N) is 1. The average molecular weight is 254 g/mol. The van der Waals surface area contributed by atoms with Gasteiger partial charge in [0.25, 0.3) is 0 Å². The summed E-state index contributed by atoms with van der Waals surface area (Å²) in [7, 11) is 0. The van der Waals surface area contributed by atoms with Crippen LogP contribution < -0.4 is 5.32 Å². The van der Waals surface area contributed by atoms with E-state index in [2.05, 4.69) is 5.32 Å². The molecular formula is C13H22N2O3. The molecule has 0 bridgehead atoms. The molecule has 1 N–H and O–H groups in total. The molecule has 2 saturated heterocycles. The molecule has 2 rings (SSSR count). The van der Waals surface area contributed by atoms with Crippen molar-refractivity contribution < 1.29 is 14.3 Å². The maximum atomic E-state index is 12.2. The lowest BCUT2D eigenvalue weighted by Gasteiger charge is -2.29. The summed E-state index contributed by atoms with van der Waals surface area (Å²) in [5, 5.41) is 3.01. The largest absolute Gasteiger partial charge is 0.379 e. The molecule has 5 heteroatoms. The summed E-state index contributed by atoms with van der Waals surface area (Å²) >= 11 is 0. The third-order valence-corrected chi connectivity index (χ3v) is 3.68. The molecule has 0 aromatic heterocycles. The minimum atomic E-state index is -0.304. The highest BCUT2D eigenvalue weighted by Crippen LogP contribution is 2.16. The Morgan fingerprint density at radius 1 is 1.56 bits per heavy atom. The number of carbonyl (C=O) groups is 2. The highest BCUT2D eigenvalue weighted by Gasteiger charge is 2.32. The number of hydrogen-bond acceptors (Lipinski definition) is 3. The van der Waals surface area contributed by atoms with Crippen LogP contribution in [0, 0.1) is 0 Å². The van der Waals surface area contributed by atoms with E-state index in [0.29, 0.717) is 26.0 Å². The Hall–Kier alpha value is -1.10. The van der Waals surface area contributed by atoms with E-state index in [1.165, 1.54) is 0 Å². The fraction of sp³-hybridized carbons (Fsp3) is 0.846. The highest BCUT2D eigenvalue weighted by molar-refractivity contribution is 5.88. The van der Waals surface area contributed by atoms with Crippen LogP contribution in [0.3, 0.4) is 0 Å². The fourth-order valence-corrected chi connectivity index (χ4v) is 2.70. The Kier molecular flexibility index (Phi) is 4.58. The zero-order valence-corrected chi connectivity index (χ0v) is 11.0. The molecule has 0 saturated carbocycles. The first-order valence-corrected chi connectivity index (χ1v) is 6.90. The topological polar surface area (TPSA) is 58.6 Å². The third-order valence-electron chi connectivity index (χ3n) is 3.68. The summed E-state index contributed by atoms with van der Waals surface area (Å²) < 4.78 is 5.35. The molecule has 0 aliphatic carbocycles. The molecule has 2 heterocycles. The van der Waals surface area contributed by atoms with Crippen LogP contribution in [0.5, 0.6) is 0 Å². The number of amides is 2. The molecule has 18 heavy (non-hydrogen) atoms. The molecule has 0 aromatic rings. The van der Waals surface area contributed by atoms with Crippen LogP contribution in [0.1, 0.15) is 39.0 Å². The highest BCUT2D eigenvalue weighted by atomic mass is 16.5. The molecule has 0 aromatic carbocycles. The average Bonchev–Trinajstić information content (AvgIpc) is 2.78. The summed E-state index contributed by atoms with van der Waals surface area (Å²) in [6.45, 7) is 4.05. The monoisotopic (exact) mass is 254 g/mol. The van der Waals surface area contributed by atoms with Gasteiger partial charge in [0.1, 0.15) is 6.04 Å². The lowest BCUT2D eigenvalue weighted by atomic mass is 10.1. The second kappa shape index (κ2) is 6.18. The van der Waals surface area contributed by atoms with E-state index < -0.39 is 0 Å². The molecule has 0 unspecified atom stereocenters. The van der Waals surface area contributed by atoms with Crippen molar-refractivity contribution >= 4 is 11.8 Å². The van der Waals surface area contributed by atoms with Crippen molar-refractivity contribution in [3.8, 4) is 0 Å². The van der Waals surface area contributed by atoms with Crippen LogP contribution in [0.4, 0.5) is 0 Å². The molecule has 2 aliphatic rings.